The molecule has 1 saturated heterocycles. The summed E-state index contributed by atoms with van der Waals surface area (Å²) in [5.74, 6) is 3.04. The Hall–Kier alpha value is -2.05. The van der Waals surface area contributed by atoms with Crippen molar-refractivity contribution in [3.05, 3.63) is 18.0 Å². The minimum Gasteiger partial charge on any atom is -0.359 e. The third-order valence-corrected chi connectivity index (χ3v) is 8.08. The lowest BCUT2D eigenvalue weighted by Crippen LogP contribution is -2.48. The fraction of sp³-hybridized carbons (Fsp3) is 0.762. The van der Waals surface area contributed by atoms with Gasteiger partial charge in [-0.3, -0.25) is 9.48 Å². The predicted molar refractivity (Wildman–Crippen MR) is 104 cm³/mol. The van der Waals surface area contributed by atoms with Gasteiger partial charge in [-0.05, 0) is 54.9 Å². The van der Waals surface area contributed by atoms with E-state index in [4.69, 9.17) is 0 Å². The van der Waals surface area contributed by atoms with E-state index in [1.807, 2.05) is 24.3 Å². The van der Waals surface area contributed by atoms with E-state index in [0.29, 0.717) is 25.0 Å². The molecule has 3 aliphatic carbocycles. The summed E-state index contributed by atoms with van der Waals surface area (Å²) in [6.45, 7) is 1.04. The molecule has 4 fully saturated rings. The molecule has 1 aromatic rings. The zero-order valence-corrected chi connectivity index (χ0v) is 16.8. The van der Waals surface area contributed by atoms with Crippen LogP contribution in [0.15, 0.2) is 12.4 Å². The molecule has 3 saturated carbocycles. The van der Waals surface area contributed by atoms with E-state index in [2.05, 4.69) is 15.7 Å². The van der Waals surface area contributed by atoms with Crippen LogP contribution in [0.2, 0.25) is 0 Å². The van der Waals surface area contributed by atoms with Crippen LogP contribution >= 0.6 is 0 Å². The van der Waals surface area contributed by atoms with Crippen molar-refractivity contribution < 1.29 is 9.59 Å². The number of urea groups is 1. The summed E-state index contributed by atoms with van der Waals surface area (Å²) >= 11 is 0. The minimum atomic E-state index is -0.223. The Kier molecular flexibility index (Phi) is 4.36. The minimum absolute atomic E-state index is 0.00126. The van der Waals surface area contributed by atoms with Crippen LogP contribution in [0, 0.1) is 29.6 Å². The fourth-order valence-corrected chi connectivity index (χ4v) is 6.87. The highest BCUT2D eigenvalue weighted by Gasteiger charge is 2.54. The molecular weight excluding hydrogens is 354 g/mol. The van der Waals surface area contributed by atoms with Crippen molar-refractivity contribution in [3.63, 3.8) is 0 Å². The molecule has 0 spiro atoms. The number of aryl methyl sites for hydroxylation is 1. The highest BCUT2D eigenvalue weighted by Crippen LogP contribution is 2.58. The number of carbonyl (C=O) groups excluding carboxylic acids is 2. The topological polar surface area (TPSA) is 79.3 Å². The number of nitrogens with zero attached hydrogens (tertiary/aromatic N) is 3. The number of hydrogen-bond acceptors (Lipinski definition) is 3. The second-order valence-corrected chi connectivity index (χ2v) is 9.39. The Morgan fingerprint density at radius 1 is 1.14 bits per heavy atom. The number of likely N-dealkylation sites (tertiary alicyclic amines) is 1. The molecule has 5 rings (SSSR count). The van der Waals surface area contributed by atoms with Gasteiger partial charge in [0, 0.05) is 45.3 Å². The molecule has 2 bridgehead atoms. The van der Waals surface area contributed by atoms with Crippen LogP contribution in [0.25, 0.3) is 0 Å². The van der Waals surface area contributed by atoms with Crippen LogP contribution in [0.1, 0.15) is 43.6 Å². The largest absolute Gasteiger partial charge is 0.359 e. The summed E-state index contributed by atoms with van der Waals surface area (Å²) in [5.41, 5.74) is 1.03. The molecule has 0 aromatic carbocycles. The Morgan fingerprint density at radius 2 is 1.96 bits per heavy atom. The smallest absolute Gasteiger partial charge is 0.317 e. The van der Waals surface area contributed by atoms with Crippen LogP contribution in [0.4, 0.5) is 4.79 Å². The molecule has 5 unspecified atom stereocenters. The molecule has 3 amide bonds. The lowest BCUT2D eigenvalue weighted by molar-refractivity contribution is -0.124. The van der Waals surface area contributed by atoms with Gasteiger partial charge in [-0.25, -0.2) is 4.79 Å². The van der Waals surface area contributed by atoms with Gasteiger partial charge in [-0.1, -0.05) is 6.42 Å². The van der Waals surface area contributed by atoms with E-state index in [1.165, 1.54) is 25.7 Å². The van der Waals surface area contributed by atoms with Gasteiger partial charge < -0.3 is 15.5 Å². The van der Waals surface area contributed by atoms with Gasteiger partial charge in [0.1, 0.15) is 0 Å². The summed E-state index contributed by atoms with van der Waals surface area (Å²) in [4.78, 5) is 27.4. The zero-order valence-electron chi connectivity index (χ0n) is 16.8. The number of hydrogen-bond donors (Lipinski definition) is 2. The van der Waals surface area contributed by atoms with E-state index in [-0.39, 0.29) is 23.8 Å². The molecule has 1 aromatic heterocycles. The highest BCUT2D eigenvalue weighted by molar-refractivity contribution is 5.82. The molecule has 7 nitrogen and oxygen atoms in total. The van der Waals surface area contributed by atoms with Gasteiger partial charge in [-0.15, -0.1) is 0 Å². The standard InChI is InChI=1S/C21H31N5O2/c1-22-20(27)18-11-26(10-17(18)13-8-23-25(2)9-13)21(28)24-19-7-12-6-16(19)15-5-3-4-14(12)15/h8-9,12,14-19H,3-7,10-11H2,1-2H3,(H,22,27)(H,24,28)/t12?,14?,15?,16?,17-,18+,19?/m1/s1. The Bertz CT molecular complexity index is 777. The summed E-state index contributed by atoms with van der Waals surface area (Å²) in [6, 6.07) is 0.333. The third-order valence-electron chi connectivity index (χ3n) is 8.08. The van der Waals surface area contributed by atoms with E-state index >= 15 is 0 Å². The van der Waals surface area contributed by atoms with Crippen molar-refractivity contribution in [2.75, 3.05) is 20.1 Å². The average molecular weight is 386 g/mol. The number of nitrogens with one attached hydrogen (secondary N) is 2. The van der Waals surface area contributed by atoms with Gasteiger partial charge in [0.25, 0.3) is 0 Å². The molecule has 7 heteroatoms. The predicted octanol–water partition coefficient (Wildman–Crippen LogP) is 1.72. The molecule has 2 heterocycles. The zero-order chi connectivity index (χ0) is 19.4. The summed E-state index contributed by atoms with van der Waals surface area (Å²) in [6.07, 6.45) is 10.4. The lowest BCUT2D eigenvalue weighted by atomic mass is 9.79. The van der Waals surface area contributed by atoms with E-state index in [0.717, 1.165) is 29.7 Å². The normalized spacial score (nSPS) is 38.6. The molecule has 1 aliphatic heterocycles. The molecule has 2 N–H and O–H groups in total. The maximum atomic E-state index is 13.1. The van der Waals surface area contributed by atoms with Crippen LogP contribution in [-0.2, 0) is 11.8 Å². The van der Waals surface area contributed by atoms with Crippen LogP contribution < -0.4 is 10.6 Å². The first-order valence-electron chi connectivity index (χ1n) is 10.8. The fourth-order valence-electron chi connectivity index (χ4n) is 6.87. The van der Waals surface area contributed by atoms with Gasteiger partial charge >= 0.3 is 6.03 Å². The van der Waals surface area contributed by atoms with Gasteiger partial charge in [0.05, 0.1) is 12.1 Å². The monoisotopic (exact) mass is 385 g/mol. The summed E-state index contributed by atoms with van der Waals surface area (Å²) < 4.78 is 1.76. The van der Waals surface area contributed by atoms with E-state index in [9.17, 15) is 9.59 Å². The van der Waals surface area contributed by atoms with Crippen LogP contribution in [0.5, 0.6) is 0 Å². The number of rotatable bonds is 3. The molecular formula is C21H31N5O2. The second kappa shape index (κ2) is 6.78. The van der Waals surface area contributed by atoms with E-state index < -0.39 is 0 Å². The van der Waals surface area contributed by atoms with E-state index in [1.54, 1.807) is 11.7 Å². The number of amides is 3. The first kappa shape index (κ1) is 18.0. The van der Waals surface area contributed by atoms with Crippen LogP contribution in [0.3, 0.4) is 0 Å². The summed E-state index contributed by atoms with van der Waals surface area (Å²) in [5, 5.41) is 10.4. The summed E-state index contributed by atoms with van der Waals surface area (Å²) in [7, 11) is 3.54. The van der Waals surface area contributed by atoms with Crippen molar-refractivity contribution >= 4 is 11.9 Å². The number of fused-ring (bicyclic) bond motifs is 5. The van der Waals surface area contributed by atoms with Gasteiger partial charge in [0.15, 0.2) is 0 Å². The molecule has 7 atom stereocenters. The highest BCUT2D eigenvalue weighted by atomic mass is 16.2. The third kappa shape index (κ3) is 2.81. The first-order chi connectivity index (χ1) is 13.5. The van der Waals surface area contributed by atoms with Crippen molar-refractivity contribution in [1.29, 1.82) is 0 Å². The van der Waals surface area contributed by atoms with Gasteiger partial charge in [-0.2, -0.15) is 5.10 Å². The second-order valence-electron chi connectivity index (χ2n) is 9.39. The SMILES string of the molecule is CNC(=O)[C@H]1CN(C(=O)NC2CC3CC2C2CCCC32)C[C@@H]1c1cnn(C)c1. The molecule has 4 aliphatic rings. The molecule has 28 heavy (non-hydrogen) atoms. The van der Waals surface area contributed by atoms with Crippen molar-refractivity contribution in [3.8, 4) is 0 Å². The Labute approximate surface area is 166 Å². The maximum absolute atomic E-state index is 13.1. The lowest BCUT2D eigenvalue weighted by Gasteiger charge is -2.33. The maximum Gasteiger partial charge on any atom is 0.317 e. The van der Waals surface area contributed by atoms with Crippen molar-refractivity contribution in [2.45, 2.75) is 44.1 Å². The Balaban J connectivity index is 1.27. The molecule has 0 radical (unpaired) electrons. The quantitative estimate of drug-likeness (QED) is 0.831. The first-order valence-corrected chi connectivity index (χ1v) is 10.8. The number of aromatic nitrogens is 2. The average Bonchev–Trinajstić information content (AvgIpc) is 3.45. The number of carbonyl (C=O) groups is 2. The van der Waals surface area contributed by atoms with Crippen molar-refractivity contribution in [2.24, 2.45) is 36.6 Å². The van der Waals surface area contributed by atoms with Gasteiger partial charge in [0.2, 0.25) is 5.91 Å². The van der Waals surface area contributed by atoms with Crippen LogP contribution in [-0.4, -0.2) is 52.8 Å². The Morgan fingerprint density at radius 3 is 2.71 bits per heavy atom. The van der Waals surface area contributed by atoms with Crippen molar-refractivity contribution in [1.82, 2.24) is 25.3 Å². The molecule has 152 valence electrons.